The zero-order valence-corrected chi connectivity index (χ0v) is 10.9. The van der Waals surface area contributed by atoms with Crippen LogP contribution in [0.15, 0.2) is 30.5 Å². The van der Waals surface area contributed by atoms with E-state index in [1.54, 1.807) is 19.2 Å². The first-order valence-corrected chi connectivity index (χ1v) is 6.48. The Bertz CT molecular complexity index is 563. The molecule has 0 aliphatic rings. The monoisotopic (exact) mass is 287 g/mol. The minimum atomic E-state index is -4.35. The third-order valence-electron chi connectivity index (χ3n) is 2.49. The topological polar surface area (TPSA) is 33.1 Å². The van der Waals surface area contributed by atoms with E-state index in [4.69, 9.17) is 0 Å². The maximum atomic E-state index is 12.6. The minimum absolute atomic E-state index is 0.441. The SMILES string of the molecule is CC(O)Cc1cnc(-c2cccc(C(F)(F)F)c2)s1. The molecule has 102 valence electrons. The van der Waals surface area contributed by atoms with Crippen LogP contribution in [0.25, 0.3) is 10.6 Å². The van der Waals surface area contributed by atoms with Gasteiger partial charge in [-0.25, -0.2) is 4.98 Å². The molecule has 0 spiro atoms. The molecule has 1 atom stereocenters. The van der Waals surface area contributed by atoms with Crippen molar-refractivity contribution >= 4 is 11.3 Å². The number of alkyl halides is 3. The third-order valence-corrected chi connectivity index (χ3v) is 3.56. The zero-order chi connectivity index (χ0) is 14.0. The van der Waals surface area contributed by atoms with Crippen LogP contribution >= 0.6 is 11.3 Å². The Kier molecular flexibility index (Phi) is 3.91. The molecule has 2 rings (SSSR count). The van der Waals surface area contributed by atoms with Crippen molar-refractivity contribution < 1.29 is 18.3 Å². The number of hydrogen-bond acceptors (Lipinski definition) is 3. The Morgan fingerprint density at radius 1 is 1.37 bits per heavy atom. The van der Waals surface area contributed by atoms with E-state index in [1.807, 2.05) is 0 Å². The highest BCUT2D eigenvalue weighted by Gasteiger charge is 2.30. The zero-order valence-electron chi connectivity index (χ0n) is 10.1. The Labute approximate surface area is 112 Å². The fourth-order valence-electron chi connectivity index (χ4n) is 1.66. The summed E-state index contributed by atoms with van der Waals surface area (Å²) in [6, 6.07) is 5.09. The van der Waals surface area contributed by atoms with Gasteiger partial charge in [-0.05, 0) is 19.1 Å². The van der Waals surface area contributed by atoms with Gasteiger partial charge in [-0.3, -0.25) is 0 Å². The van der Waals surface area contributed by atoms with Crippen LogP contribution in [-0.4, -0.2) is 16.2 Å². The van der Waals surface area contributed by atoms with Gasteiger partial charge in [-0.1, -0.05) is 12.1 Å². The Morgan fingerprint density at radius 3 is 2.74 bits per heavy atom. The average molecular weight is 287 g/mol. The molecule has 2 nitrogen and oxygen atoms in total. The van der Waals surface area contributed by atoms with E-state index >= 15 is 0 Å². The van der Waals surface area contributed by atoms with Gasteiger partial charge in [-0.2, -0.15) is 13.2 Å². The lowest BCUT2D eigenvalue weighted by molar-refractivity contribution is -0.137. The second kappa shape index (κ2) is 5.30. The van der Waals surface area contributed by atoms with Crippen molar-refractivity contribution in [2.24, 2.45) is 0 Å². The smallest absolute Gasteiger partial charge is 0.393 e. The summed E-state index contributed by atoms with van der Waals surface area (Å²) in [7, 11) is 0. The van der Waals surface area contributed by atoms with Crippen LogP contribution in [0.5, 0.6) is 0 Å². The molecule has 1 unspecified atom stereocenters. The van der Waals surface area contributed by atoms with Crippen LogP contribution in [0.4, 0.5) is 13.2 Å². The predicted octanol–water partition coefficient (Wildman–Crippen LogP) is 3.75. The van der Waals surface area contributed by atoms with E-state index < -0.39 is 17.8 Å². The summed E-state index contributed by atoms with van der Waals surface area (Å²) in [6.07, 6.45) is -2.80. The largest absolute Gasteiger partial charge is 0.416 e. The van der Waals surface area contributed by atoms with Crippen molar-refractivity contribution in [2.45, 2.75) is 25.6 Å². The van der Waals surface area contributed by atoms with Crippen LogP contribution in [0.1, 0.15) is 17.4 Å². The lowest BCUT2D eigenvalue weighted by Crippen LogP contribution is -2.04. The number of aliphatic hydroxyl groups excluding tert-OH is 1. The van der Waals surface area contributed by atoms with Crippen LogP contribution in [0, 0.1) is 0 Å². The van der Waals surface area contributed by atoms with Crippen molar-refractivity contribution in [2.75, 3.05) is 0 Å². The first kappa shape index (κ1) is 14.0. The van der Waals surface area contributed by atoms with Crippen molar-refractivity contribution in [3.05, 3.63) is 40.9 Å². The molecule has 6 heteroatoms. The molecule has 1 aromatic heterocycles. The van der Waals surface area contributed by atoms with Crippen molar-refractivity contribution in [3.63, 3.8) is 0 Å². The van der Waals surface area contributed by atoms with Gasteiger partial charge >= 0.3 is 6.18 Å². The second-order valence-electron chi connectivity index (χ2n) is 4.26. The van der Waals surface area contributed by atoms with Crippen LogP contribution in [-0.2, 0) is 12.6 Å². The average Bonchev–Trinajstić information content (AvgIpc) is 2.76. The number of halogens is 3. The molecule has 0 amide bonds. The molecule has 0 radical (unpaired) electrons. The Morgan fingerprint density at radius 2 is 2.11 bits per heavy atom. The molecule has 1 aromatic carbocycles. The second-order valence-corrected chi connectivity index (χ2v) is 5.38. The first-order chi connectivity index (χ1) is 8.86. The summed E-state index contributed by atoms with van der Waals surface area (Å²) < 4.78 is 37.8. The van der Waals surface area contributed by atoms with Gasteiger partial charge in [0.25, 0.3) is 0 Å². The number of benzene rings is 1. The number of aromatic nitrogens is 1. The number of thiazole rings is 1. The summed E-state index contributed by atoms with van der Waals surface area (Å²) in [5, 5.41) is 9.80. The van der Waals surface area contributed by atoms with Gasteiger partial charge in [0.1, 0.15) is 5.01 Å². The number of rotatable bonds is 3. The predicted molar refractivity (Wildman–Crippen MR) is 67.9 cm³/mol. The molecule has 0 bridgehead atoms. The number of nitrogens with zero attached hydrogens (tertiary/aromatic N) is 1. The van der Waals surface area contributed by atoms with Gasteiger partial charge < -0.3 is 5.11 Å². The lowest BCUT2D eigenvalue weighted by Gasteiger charge is -2.07. The molecule has 0 saturated heterocycles. The summed E-state index contributed by atoms with van der Waals surface area (Å²) in [5.74, 6) is 0. The summed E-state index contributed by atoms with van der Waals surface area (Å²) >= 11 is 1.30. The van der Waals surface area contributed by atoms with E-state index in [1.165, 1.54) is 17.4 Å². The standard InChI is InChI=1S/C13H12F3NOS/c1-8(18)5-11-7-17-12(19-11)9-3-2-4-10(6-9)13(14,15)16/h2-4,6-8,18H,5H2,1H3. The van der Waals surface area contributed by atoms with E-state index in [9.17, 15) is 18.3 Å². The molecule has 0 aliphatic heterocycles. The molecule has 0 aliphatic carbocycles. The maximum absolute atomic E-state index is 12.6. The first-order valence-electron chi connectivity index (χ1n) is 5.66. The fraction of sp³-hybridized carbons (Fsp3) is 0.308. The van der Waals surface area contributed by atoms with Crippen molar-refractivity contribution in [3.8, 4) is 10.6 Å². The number of aliphatic hydroxyl groups is 1. The highest BCUT2D eigenvalue weighted by atomic mass is 32.1. The highest BCUT2D eigenvalue weighted by molar-refractivity contribution is 7.15. The van der Waals surface area contributed by atoms with E-state index in [0.717, 1.165) is 17.0 Å². The molecule has 0 fully saturated rings. The van der Waals surface area contributed by atoms with Crippen LogP contribution < -0.4 is 0 Å². The maximum Gasteiger partial charge on any atom is 0.416 e. The molecule has 1 heterocycles. The lowest BCUT2D eigenvalue weighted by atomic mass is 10.1. The van der Waals surface area contributed by atoms with Crippen molar-refractivity contribution in [1.82, 2.24) is 4.98 Å². The van der Waals surface area contributed by atoms with Crippen molar-refractivity contribution in [1.29, 1.82) is 0 Å². The van der Waals surface area contributed by atoms with Crippen LogP contribution in [0.2, 0.25) is 0 Å². The van der Waals surface area contributed by atoms with Gasteiger partial charge in [-0.15, -0.1) is 11.3 Å². The molecule has 0 saturated carbocycles. The number of hydrogen-bond donors (Lipinski definition) is 1. The molecule has 2 aromatic rings. The van der Waals surface area contributed by atoms with Gasteiger partial charge in [0.05, 0.1) is 11.7 Å². The minimum Gasteiger partial charge on any atom is -0.393 e. The van der Waals surface area contributed by atoms with E-state index in [-0.39, 0.29) is 0 Å². The summed E-state index contributed by atoms with van der Waals surface area (Å²) in [5.41, 5.74) is -0.242. The van der Waals surface area contributed by atoms with Gasteiger partial charge in [0.15, 0.2) is 0 Å². The molecule has 19 heavy (non-hydrogen) atoms. The van der Waals surface area contributed by atoms with E-state index in [2.05, 4.69) is 4.98 Å². The van der Waals surface area contributed by atoms with Crippen LogP contribution in [0.3, 0.4) is 0 Å². The summed E-state index contributed by atoms with van der Waals surface area (Å²) in [4.78, 5) is 4.95. The third kappa shape index (κ3) is 3.54. The highest BCUT2D eigenvalue weighted by Crippen LogP contribution is 2.33. The normalized spacial score (nSPS) is 13.5. The molecule has 1 N–H and O–H groups in total. The quantitative estimate of drug-likeness (QED) is 0.932. The van der Waals surface area contributed by atoms with Gasteiger partial charge in [0.2, 0.25) is 0 Å². The molecular formula is C13H12F3NOS. The molecular weight excluding hydrogens is 275 g/mol. The van der Waals surface area contributed by atoms with Gasteiger partial charge in [0, 0.05) is 23.1 Å². The fourth-order valence-corrected chi connectivity index (χ4v) is 2.68. The Balaban J connectivity index is 2.29. The summed E-state index contributed by atoms with van der Waals surface area (Å²) in [6.45, 7) is 1.66. The Hall–Kier alpha value is -1.40. The van der Waals surface area contributed by atoms with E-state index in [0.29, 0.717) is 17.0 Å².